The molecule has 1 aliphatic heterocycles. The van der Waals surface area contributed by atoms with Crippen molar-refractivity contribution in [1.82, 2.24) is 4.98 Å². The van der Waals surface area contributed by atoms with E-state index < -0.39 is 0 Å². The fourth-order valence-electron chi connectivity index (χ4n) is 3.00. The molecule has 1 aliphatic rings. The number of halogens is 1. The molecule has 138 valence electrons. The number of nitrogens with one attached hydrogen (secondary N) is 1. The summed E-state index contributed by atoms with van der Waals surface area (Å²) in [6, 6.07) is 17.6. The Morgan fingerprint density at radius 1 is 1.00 bits per heavy atom. The molecule has 0 atom stereocenters. The number of oxazole rings is 1. The number of carbonyl (C=O) groups is 1. The van der Waals surface area contributed by atoms with E-state index in [0.29, 0.717) is 44.8 Å². The highest BCUT2D eigenvalue weighted by molar-refractivity contribution is 6.31. The van der Waals surface area contributed by atoms with Crippen LogP contribution in [-0.4, -0.2) is 17.7 Å². The third-order valence-electron chi connectivity index (χ3n) is 4.35. The monoisotopic (exact) mass is 392 g/mol. The van der Waals surface area contributed by atoms with E-state index in [4.69, 9.17) is 25.5 Å². The van der Waals surface area contributed by atoms with Gasteiger partial charge in [-0.25, -0.2) is 4.98 Å². The van der Waals surface area contributed by atoms with Crippen molar-refractivity contribution in [3.8, 4) is 23.0 Å². The molecule has 0 unspecified atom stereocenters. The molecule has 1 aromatic heterocycles. The summed E-state index contributed by atoms with van der Waals surface area (Å²) in [5, 5.41) is 3.47. The van der Waals surface area contributed by atoms with Gasteiger partial charge in [0.05, 0.1) is 0 Å². The number of amides is 1. The van der Waals surface area contributed by atoms with E-state index in [1.807, 2.05) is 12.1 Å². The third kappa shape index (κ3) is 3.04. The standard InChI is InChI=1S/C21H13ClN2O4/c22-14-5-7-17-16(10-14)24-21(28-17)13-2-1-3-15(8-13)23-20(25)12-4-6-18-19(9-12)27-11-26-18/h1-10H,11H2,(H,23,25). The van der Waals surface area contributed by atoms with Gasteiger partial charge in [0.25, 0.3) is 5.91 Å². The lowest BCUT2D eigenvalue weighted by atomic mass is 10.1. The number of aromatic nitrogens is 1. The zero-order valence-corrected chi connectivity index (χ0v) is 15.2. The molecule has 0 saturated heterocycles. The number of anilines is 1. The molecular weight excluding hydrogens is 380 g/mol. The summed E-state index contributed by atoms with van der Waals surface area (Å²) in [6.45, 7) is 0.165. The second-order valence-electron chi connectivity index (χ2n) is 6.23. The fourth-order valence-corrected chi connectivity index (χ4v) is 3.16. The van der Waals surface area contributed by atoms with Crippen molar-refractivity contribution in [2.75, 3.05) is 12.1 Å². The van der Waals surface area contributed by atoms with E-state index in [1.165, 1.54) is 0 Å². The Morgan fingerprint density at radius 2 is 1.89 bits per heavy atom. The SMILES string of the molecule is O=C(Nc1cccc(-c2nc3cc(Cl)ccc3o2)c1)c1ccc2c(c1)OCO2. The van der Waals surface area contributed by atoms with Gasteiger partial charge in [0.2, 0.25) is 12.7 Å². The number of carbonyl (C=O) groups excluding carboxylic acids is 1. The number of benzene rings is 3. The number of rotatable bonds is 3. The van der Waals surface area contributed by atoms with Crippen molar-refractivity contribution >= 4 is 34.3 Å². The Balaban J connectivity index is 1.41. The quantitative estimate of drug-likeness (QED) is 0.523. The molecule has 3 aromatic carbocycles. The van der Waals surface area contributed by atoms with Gasteiger partial charge >= 0.3 is 0 Å². The molecule has 0 fully saturated rings. The molecule has 6 nitrogen and oxygen atoms in total. The average Bonchev–Trinajstić information content (AvgIpc) is 3.33. The van der Waals surface area contributed by atoms with Gasteiger partial charge in [-0.15, -0.1) is 0 Å². The zero-order valence-electron chi connectivity index (χ0n) is 14.4. The van der Waals surface area contributed by atoms with Crippen molar-refractivity contribution < 1.29 is 18.7 Å². The predicted molar refractivity (Wildman–Crippen MR) is 105 cm³/mol. The molecule has 2 heterocycles. The number of hydrogen-bond donors (Lipinski definition) is 1. The molecule has 0 aliphatic carbocycles. The summed E-state index contributed by atoms with van der Waals surface area (Å²) in [5.74, 6) is 1.40. The highest BCUT2D eigenvalue weighted by Gasteiger charge is 2.17. The fraction of sp³-hybridized carbons (Fsp3) is 0.0476. The van der Waals surface area contributed by atoms with Crippen molar-refractivity contribution in [1.29, 1.82) is 0 Å². The first-order chi connectivity index (χ1) is 13.7. The largest absolute Gasteiger partial charge is 0.454 e. The molecule has 0 spiro atoms. The van der Waals surface area contributed by atoms with Crippen LogP contribution < -0.4 is 14.8 Å². The van der Waals surface area contributed by atoms with Gasteiger partial charge in [-0.05, 0) is 54.6 Å². The van der Waals surface area contributed by atoms with Crippen LogP contribution in [0.25, 0.3) is 22.6 Å². The van der Waals surface area contributed by atoms with E-state index in [2.05, 4.69) is 10.3 Å². The zero-order chi connectivity index (χ0) is 19.1. The number of hydrogen-bond acceptors (Lipinski definition) is 5. The summed E-state index contributed by atoms with van der Waals surface area (Å²) in [6.07, 6.45) is 0. The lowest BCUT2D eigenvalue weighted by Crippen LogP contribution is -2.11. The lowest BCUT2D eigenvalue weighted by molar-refractivity contribution is 0.102. The van der Waals surface area contributed by atoms with Crippen LogP contribution in [-0.2, 0) is 0 Å². The molecule has 0 radical (unpaired) electrons. The minimum Gasteiger partial charge on any atom is -0.454 e. The third-order valence-corrected chi connectivity index (χ3v) is 4.59. The van der Waals surface area contributed by atoms with E-state index >= 15 is 0 Å². The Kier molecular flexibility index (Phi) is 3.91. The van der Waals surface area contributed by atoms with Crippen LogP contribution in [0, 0.1) is 0 Å². The first kappa shape index (κ1) is 16.6. The molecule has 7 heteroatoms. The first-order valence-corrected chi connectivity index (χ1v) is 8.91. The van der Waals surface area contributed by atoms with Gasteiger partial charge in [-0.1, -0.05) is 17.7 Å². The van der Waals surface area contributed by atoms with Crippen LogP contribution >= 0.6 is 11.6 Å². The van der Waals surface area contributed by atoms with Crippen LogP contribution in [0.4, 0.5) is 5.69 Å². The molecule has 1 N–H and O–H groups in total. The molecule has 1 amide bonds. The number of ether oxygens (including phenoxy) is 2. The van der Waals surface area contributed by atoms with Crippen molar-refractivity contribution in [2.24, 2.45) is 0 Å². The normalized spacial score (nSPS) is 12.3. The molecule has 0 saturated carbocycles. The van der Waals surface area contributed by atoms with E-state index in [0.717, 1.165) is 5.56 Å². The summed E-state index contributed by atoms with van der Waals surface area (Å²) < 4.78 is 16.4. The maximum absolute atomic E-state index is 12.6. The topological polar surface area (TPSA) is 73.6 Å². The molecular formula is C21H13ClN2O4. The summed E-state index contributed by atoms with van der Waals surface area (Å²) in [5.41, 5.74) is 3.17. The van der Waals surface area contributed by atoms with Crippen LogP contribution in [0.2, 0.25) is 5.02 Å². The van der Waals surface area contributed by atoms with E-state index in [-0.39, 0.29) is 12.7 Å². The molecule has 4 aromatic rings. The van der Waals surface area contributed by atoms with Gasteiger partial charge in [0.15, 0.2) is 17.1 Å². The molecule has 28 heavy (non-hydrogen) atoms. The lowest BCUT2D eigenvalue weighted by Gasteiger charge is -2.07. The maximum Gasteiger partial charge on any atom is 0.255 e. The van der Waals surface area contributed by atoms with Crippen molar-refractivity contribution in [3.05, 3.63) is 71.2 Å². The number of nitrogens with zero attached hydrogens (tertiary/aromatic N) is 1. The van der Waals surface area contributed by atoms with Crippen LogP contribution in [0.15, 0.2) is 65.1 Å². The second-order valence-corrected chi connectivity index (χ2v) is 6.67. The van der Waals surface area contributed by atoms with Crippen LogP contribution in [0.5, 0.6) is 11.5 Å². The maximum atomic E-state index is 12.6. The summed E-state index contributed by atoms with van der Waals surface area (Å²) in [7, 11) is 0. The van der Waals surface area contributed by atoms with E-state index in [1.54, 1.807) is 48.5 Å². The van der Waals surface area contributed by atoms with Gasteiger partial charge in [-0.3, -0.25) is 4.79 Å². The first-order valence-electron chi connectivity index (χ1n) is 8.53. The van der Waals surface area contributed by atoms with E-state index in [9.17, 15) is 4.79 Å². The predicted octanol–water partition coefficient (Wildman–Crippen LogP) is 5.13. The van der Waals surface area contributed by atoms with Crippen LogP contribution in [0.3, 0.4) is 0 Å². The molecule has 0 bridgehead atoms. The second kappa shape index (κ2) is 6.58. The van der Waals surface area contributed by atoms with Crippen molar-refractivity contribution in [3.63, 3.8) is 0 Å². The van der Waals surface area contributed by atoms with Gasteiger partial charge < -0.3 is 19.2 Å². The van der Waals surface area contributed by atoms with Gasteiger partial charge in [-0.2, -0.15) is 0 Å². The summed E-state index contributed by atoms with van der Waals surface area (Å²) >= 11 is 6.00. The van der Waals surface area contributed by atoms with Crippen molar-refractivity contribution in [2.45, 2.75) is 0 Å². The van der Waals surface area contributed by atoms with Gasteiger partial charge in [0.1, 0.15) is 5.52 Å². The highest BCUT2D eigenvalue weighted by Crippen LogP contribution is 2.33. The van der Waals surface area contributed by atoms with Gasteiger partial charge in [0, 0.05) is 21.8 Å². The Labute approximate surface area is 164 Å². The summed E-state index contributed by atoms with van der Waals surface area (Å²) in [4.78, 5) is 17.0. The minimum atomic E-state index is -0.250. The Bertz CT molecular complexity index is 1220. The minimum absolute atomic E-state index is 0.165. The van der Waals surface area contributed by atoms with Crippen LogP contribution in [0.1, 0.15) is 10.4 Å². The average molecular weight is 393 g/mol. The number of fused-ring (bicyclic) bond motifs is 2. The smallest absolute Gasteiger partial charge is 0.255 e. The Hall–Kier alpha value is -3.51. The highest BCUT2D eigenvalue weighted by atomic mass is 35.5. The Morgan fingerprint density at radius 3 is 2.82 bits per heavy atom. The molecule has 5 rings (SSSR count).